The van der Waals surface area contributed by atoms with Gasteiger partial charge in [0.25, 0.3) is 5.91 Å². The van der Waals surface area contributed by atoms with Crippen molar-refractivity contribution >= 4 is 28.6 Å². The zero-order valence-corrected chi connectivity index (χ0v) is 19.9. The summed E-state index contributed by atoms with van der Waals surface area (Å²) < 4.78 is 24.7. The standard InChI is InChI=1S/C22H29N5O4S/c1-12(2)14-10-17(31-11-14)18(13(3)4)24-21-20(25-32(30)26-21)23-16-9-7-8-15(19(16)28)22(29)27(5)6/h7-13,18,28H,1-6H3,(H,23,25)(H,24,26)/t18-,32?/m1/s1. The van der Waals surface area contributed by atoms with Gasteiger partial charge in [-0.3, -0.25) is 4.79 Å². The molecule has 2 atom stereocenters. The van der Waals surface area contributed by atoms with E-state index in [0.717, 1.165) is 5.56 Å². The number of aromatic hydroxyl groups is 1. The molecule has 0 aliphatic carbocycles. The molecule has 2 aromatic heterocycles. The third kappa shape index (κ3) is 5.03. The van der Waals surface area contributed by atoms with E-state index in [4.69, 9.17) is 9.41 Å². The first-order chi connectivity index (χ1) is 15.1. The fourth-order valence-electron chi connectivity index (χ4n) is 3.14. The molecule has 0 aliphatic heterocycles. The molecule has 0 radical (unpaired) electrons. The van der Waals surface area contributed by atoms with Crippen molar-refractivity contribution < 1.29 is 18.9 Å². The number of H-pyrrole nitrogens is 1. The number of phenolic OH excluding ortho intramolecular Hbond substituents is 1. The first-order valence-electron chi connectivity index (χ1n) is 10.3. The summed E-state index contributed by atoms with van der Waals surface area (Å²) in [6.45, 7) is 8.21. The molecule has 10 heteroatoms. The predicted molar refractivity (Wildman–Crippen MR) is 123 cm³/mol. The van der Waals surface area contributed by atoms with Crippen LogP contribution in [0.15, 0.2) is 39.9 Å². The number of para-hydroxylation sites is 1. The van der Waals surface area contributed by atoms with Crippen LogP contribution >= 0.6 is 11.1 Å². The van der Waals surface area contributed by atoms with E-state index in [9.17, 15) is 14.5 Å². The minimum absolute atomic E-state index is 0.0974. The Morgan fingerprint density at radius 1 is 1.31 bits per heavy atom. The number of furan rings is 1. The number of phenols is 1. The lowest BCUT2D eigenvalue weighted by molar-refractivity contribution is 0.0824. The molecular formula is C22H29N5O4S. The summed E-state index contributed by atoms with van der Waals surface area (Å²) in [5, 5.41) is 13.6. The fraction of sp³-hybridized carbons (Fsp3) is 0.409. The van der Waals surface area contributed by atoms with Gasteiger partial charge in [-0.25, -0.2) is 4.99 Å². The number of hydrogen-bond donors (Lipinski definition) is 3. The second-order valence-electron chi connectivity index (χ2n) is 8.42. The molecule has 0 saturated carbocycles. The number of anilines is 2. The third-order valence-corrected chi connectivity index (χ3v) is 5.72. The van der Waals surface area contributed by atoms with E-state index >= 15 is 0 Å². The van der Waals surface area contributed by atoms with Crippen molar-refractivity contribution in [2.24, 2.45) is 10.9 Å². The van der Waals surface area contributed by atoms with Crippen LogP contribution in [0, 0.1) is 5.92 Å². The maximum absolute atomic E-state index is 12.3. The van der Waals surface area contributed by atoms with Gasteiger partial charge in [0.1, 0.15) is 11.8 Å². The summed E-state index contributed by atoms with van der Waals surface area (Å²) in [4.78, 5) is 18.4. The maximum atomic E-state index is 12.3. The molecule has 9 nitrogen and oxygen atoms in total. The number of hydrogen-bond acceptors (Lipinski definition) is 7. The molecule has 1 aromatic carbocycles. The minimum atomic E-state index is -1.72. The summed E-state index contributed by atoms with van der Waals surface area (Å²) in [5.41, 5.74) is 1.76. The van der Waals surface area contributed by atoms with E-state index < -0.39 is 11.1 Å². The van der Waals surface area contributed by atoms with Crippen molar-refractivity contribution in [2.45, 2.75) is 39.7 Å². The van der Waals surface area contributed by atoms with Gasteiger partial charge in [-0.05, 0) is 35.6 Å². The molecule has 0 fully saturated rings. The third-order valence-electron chi connectivity index (χ3n) is 5.01. The fourth-order valence-corrected chi connectivity index (χ4v) is 3.80. The van der Waals surface area contributed by atoms with Crippen LogP contribution in [0.5, 0.6) is 5.75 Å². The second kappa shape index (κ2) is 9.58. The van der Waals surface area contributed by atoms with E-state index in [2.05, 4.69) is 27.9 Å². The van der Waals surface area contributed by atoms with E-state index in [1.165, 1.54) is 11.0 Å². The van der Waals surface area contributed by atoms with Crippen LogP contribution in [-0.4, -0.2) is 43.3 Å². The number of rotatable bonds is 7. The Hall–Kier alpha value is -3.11. The average Bonchev–Trinajstić information content (AvgIpc) is 3.33. The Morgan fingerprint density at radius 2 is 2.03 bits per heavy atom. The van der Waals surface area contributed by atoms with Crippen molar-refractivity contribution in [2.75, 3.05) is 19.4 Å². The molecule has 3 rings (SSSR count). The van der Waals surface area contributed by atoms with Gasteiger partial charge in [0.15, 0.2) is 16.9 Å². The first kappa shape index (κ1) is 23.6. The molecule has 0 saturated heterocycles. The first-order valence-corrected chi connectivity index (χ1v) is 11.4. The van der Waals surface area contributed by atoms with Crippen LogP contribution in [-0.2, 0) is 0 Å². The van der Waals surface area contributed by atoms with E-state index in [0.29, 0.717) is 11.7 Å². The van der Waals surface area contributed by atoms with Gasteiger partial charge in [-0.1, -0.05) is 33.8 Å². The second-order valence-corrected chi connectivity index (χ2v) is 9.31. The lowest BCUT2D eigenvalue weighted by Gasteiger charge is -2.14. The van der Waals surface area contributed by atoms with Gasteiger partial charge < -0.3 is 24.3 Å². The van der Waals surface area contributed by atoms with Crippen LogP contribution < -0.4 is 10.8 Å². The highest BCUT2D eigenvalue weighted by molar-refractivity contribution is 7.13. The number of carbonyl (C=O) groups is 1. The Balaban J connectivity index is 2.01. The summed E-state index contributed by atoms with van der Waals surface area (Å²) >= 11 is -1.72. The summed E-state index contributed by atoms with van der Waals surface area (Å²) in [5.74, 6) is 0.766. The van der Waals surface area contributed by atoms with E-state index in [1.807, 2.05) is 19.9 Å². The SMILES string of the molecule is CC(C)c1coc([C@H](N=c2[nH][s+]([O-])nc2Nc2cccc(C(=O)N(C)C)c2O)C(C)C)c1. The van der Waals surface area contributed by atoms with Crippen LogP contribution in [0.3, 0.4) is 0 Å². The van der Waals surface area contributed by atoms with Crippen LogP contribution in [0.2, 0.25) is 0 Å². The highest BCUT2D eigenvalue weighted by Gasteiger charge is 2.22. The Labute approximate surface area is 189 Å². The van der Waals surface area contributed by atoms with E-state index in [-0.39, 0.29) is 46.2 Å². The molecule has 3 aromatic rings. The van der Waals surface area contributed by atoms with Gasteiger partial charge in [-0.15, -0.1) is 4.37 Å². The minimum Gasteiger partial charge on any atom is -0.548 e. The molecule has 32 heavy (non-hydrogen) atoms. The summed E-state index contributed by atoms with van der Waals surface area (Å²) in [6, 6.07) is 6.43. The lowest BCUT2D eigenvalue weighted by atomic mass is 10.0. The number of nitrogens with zero attached hydrogens (tertiary/aromatic N) is 3. The number of carbonyl (C=O) groups excluding carboxylic acids is 1. The molecule has 3 N–H and O–H groups in total. The normalized spacial score (nSPS) is 13.7. The largest absolute Gasteiger partial charge is 0.548 e. The van der Waals surface area contributed by atoms with Gasteiger partial charge in [0.2, 0.25) is 11.3 Å². The van der Waals surface area contributed by atoms with Crippen molar-refractivity contribution in [1.29, 1.82) is 0 Å². The quantitative estimate of drug-likeness (QED) is 0.357. The highest BCUT2D eigenvalue weighted by atomic mass is 32.2. The number of aromatic nitrogens is 2. The molecule has 0 bridgehead atoms. The van der Waals surface area contributed by atoms with Gasteiger partial charge in [0.05, 0.1) is 17.5 Å². The zero-order chi connectivity index (χ0) is 23.6. The Kier molecular flexibility index (Phi) is 7.05. The molecule has 0 spiro atoms. The van der Waals surface area contributed by atoms with Crippen molar-refractivity contribution in [3.05, 3.63) is 52.9 Å². The van der Waals surface area contributed by atoms with Crippen LogP contribution in [0.25, 0.3) is 0 Å². The Bertz CT molecular complexity index is 1160. The van der Waals surface area contributed by atoms with Crippen LogP contribution in [0.4, 0.5) is 11.5 Å². The highest BCUT2D eigenvalue weighted by Crippen LogP contribution is 2.32. The van der Waals surface area contributed by atoms with E-state index in [1.54, 1.807) is 32.5 Å². The molecule has 172 valence electrons. The Morgan fingerprint density at radius 3 is 2.62 bits per heavy atom. The zero-order valence-electron chi connectivity index (χ0n) is 19.0. The van der Waals surface area contributed by atoms with Crippen LogP contribution in [0.1, 0.15) is 61.3 Å². The molecule has 2 heterocycles. The number of amides is 1. The van der Waals surface area contributed by atoms with Gasteiger partial charge in [-0.2, -0.15) is 0 Å². The maximum Gasteiger partial charge on any atom is 0.257 e. The molecular weight excluding hydrogens is 430 g/mol. The summed E-state index contributed by atoms with van der Waals surface area (Å²) in [7, 11) is 3.21. The topological polar surface area (TPSA) is 130 Å². The number of nitrogens with one attached hydrogen (secondary N) is 2. The number of aromatic amines is 1. The molecule has 0 aliphatic rings. The van der Waals surface area contributed by atoms with Crippen molar-refractivity contribution in [3.63, 3.8) is 0 Å². The molecule has 1 unspecified atom stereocenters. The number of benzene rings is 1. The average molecular weight is 460 g/mol. The van der Waals surface area contributed by atoms with Gasteiger partial charge in [0, 0.05) is 18.5 Å². The summed E-state index contributed by atoms with van der Waals surface area (Å²) in [6.07, 6.45) is 1.73. The monoisotopic (exact) mass is 459 g/mol. The van der Waals surface area contributed by atoms with Crippen molar-refractivity contribution in [1.82, 2.24) is 13.6 Å². The van der Waals surface area contributed by atoms with Gasteiger partial charge >= 0.3 is 0 Å². The predicted octanol–water partition coefficient (Wildman–Crippen LogP) is 4.30. The lowest BCUT2D eigenvalue weighted by Crippen LogP contribution is -2.22. The van der Waals surface area contributed by atoms with Crippen molar-refractivity contribution in [3.8, 4) is 5.75 Å². The molecule has 1 amide bonds. The smallest absolute Gasteiger partial charge is 0.257 e.